The van der Waals surface area contributed by atoms with Gasteiger partial charge in [-0.25, -0.2) is 4.79 Å². The lowest BCUT2D eigenvalue weighted by atomic mass is 9.98. The predicted octanol–water partition coefficient (Wildman–Crippen LogP) is 3.68. The second kappa shape index (κ2) is 7.68. The molecular formula is C21H24ClN3O. The van der Waals surface area contributed by atoms with E-state index in [2.05, 4.69) is 34.5 Å². The third kappa shape index (κ3) is 3.87. The molecule has 2 heterocycles. The standard InChI is InChI=1S/C21H24ClN3O/c22-19-7-5-16(6-8-19)13-23-21(26)25-12-10-20(15-25)24-11-9-17-3-1-2-4-18(17)14-24/h1-8,20H,9-15H2,(H,23,26)/t20-/m1/s1. The zero-order chi connectivity index (χ0) is 17.9. The molecule has 1 saturated heterocycles. The predicted molar refractivity (Wildman–Crippen MR) is 104 cm³/mol. The third-order valence-electron chi connectivity index (χ3n) is 5.48. The molecule has 26 heavy (non-hydrogen) atoms. The van der Waals surface area contributed by atoms with E-state index >= 15 is 0 Å². The van der Waals surface area contributed by atoms with E-state index in [-0.39, 0.29) is 6.03 Å². The highest BCUT2D eigenvalue weighted by Crippen LogP contribution is 2.24. The van der Waals surface area contributed by atoms with Crippen molar-refractivity contribution in [2.45, 2.75) is 32.0 Å². The Bertz CT molecular complexity index is 777. The molecule has 4 nitrogen and oxygen atoms in total. The van der Waals surface area contributed by atoms with Crippen LogP contribution in [0.1, 0.15) is 23.1 Å². The lowest BCUT2D eigenvalue weighted by molar-refractivity contribution is 0.173. The Morgan fingerprint density at radius 2 is 1.85 bits per heavy atom. The van der Waals surface area contributed by atoms with E-state index < -0.39 is 0 Å². The summed E-state index contributed by atoms with van der Waals surface area (Å²) < 4.78 is 0. The molecule has 0 aromatic heterocycles. The number of hydrogen-bond donors (Lipinski definition) is 1. The number of fused-ring (bicyclic) bond motifs is 1. The Hall–Kier alpha value is -2.04. The van der Waals surface area contributed by atoms with Gasteiger partial charge in [-0.1, -0.05) is 48.0 Å². The zero-order valence-electron chi connectivity index (χ0n) is 14.8. The molecule has 5 heteroatoms. The smallest absolute Gasteiger partial charge is 0.317 e. The van der Waals surface area contributed by atoms with Gasteiger partial charge in [0.05, 0.1) is 0 Å². The first-order chi connectivity index (χ1) is 12.7. The topological polar surface area (TPSA) is 35.6 Å². The Morgan fingerprint density at radius 1 is 1.08 bits per heavy atom. The Balaban J connectivity index is 1.29. The van der Waals surface area contributed by atoms with E-state index in [0.717, 1.165) is 44.6 Å². The molecule has 0 aliphatic carbocycles. The Morgan fingerprint density at radius 3 is 2.65 bits per heavy atom. The van der Waals surface area contributed by atoms with E-state index in [1.807, 2.05) is 29.2 Å². The monoisotopic (exact) mass is 369 g/mol. The second-order valence-electron chi connectivity index (χ2n) is 7.16. The summed E-state index contributed by atoms with van der Waals surface area (Å²) in [5, 5.41) is 3.74. The van der Waals surface area contributed by atoms with Gasteiger partial charge in [0.1, 0.15) is 0 Å². The van der Waals surface area contributed by atoms with Crippen LogP contribution in [0.4, 0.5) is 4.79 Å². The fourth-order valence-corrected chi connectivity index (χ4v) is 4.07. The second-order valence-corrected chi connectivity index (χ2v) is 7.60. The van der Waals surface area contributed by atoms with Crippen molar-refractivity contribution < 1.29 is 4.79 Å². The van der Waals surface area contributed by atoms with Crippen molar-refractivity contribution in [2.24, 2.45) is 0 Å². The molecule has 0 spiro atoms. The van der Waals surface area contributed by atoms with Gasteiger partial charge in [0.25, 0.3) is 0 Å². The van der Waals surface area contributed by atoms with E-state index in [0.29, 0.717) is 17.6 Å². The molecule has 2 amide bonds. The summed E-state index contributed by atoms with van der Waals surface area (Å²) in [6, 6.07) is 16.8. The van der Waals surface area contributed by atoms with E-state index in [4.69, 9.17) is 11.6 Å². The van der Waals surface area contributed by atoms with Gasteiger partial charge in [0.15, 0.2) is 0 Å². The normalized spacial score (nSPS) is 20.0. The van der Waals surface area contributed by atoms with Crippen LogP contribution in [0.3, 0.4) is 0 Å². The highest BCUT2D eigenvalue weighted by atomic mass is 35.5. The number of amides is 2. The number of rotatable bonds is 3. The van der Waals surface area contributed by atoms with Gasteiger partial charge < -0.3 is 10.2 Å². The number of likely N-dealkylation sites (tertiary alicyclic amines) is 1. The molecule has 4 rings (SSSR count). The number of nitrogens with one attached hydrogen (secondary N) is 1. The molecular weight excluding hydrogens is 346 g/mol. The number of hydrogen-bond acceptors (Lipinski definition) is 2. The van der Waals surface area contributed by atoms with E-state index in [1.165, 1.54) is 11.1 Å². The maximum Gasteiger partial charge on any atom is 0.317 e. The van der Waals surface area contributed by atoms with Gasteiger partial charge in [-0.05, 0) is 41.7 Å². The summed E-state index contributed by atoms with van der Waals surface area (Å²) in [6.45, 7) is 4.27. The van der Waals surface area contributed by atoms with Crippen molar-refractivity contribution in [1.29, 1.82) is 0 Å². The number of urea groups is 1. The van der Waals surface area contributed by atoms with Crippen molar-refractivity contribution >= 4 is 17.6 Å². The van der Waals surface area contributed by atoms with Gasteiger partial charge in [-0.3, -0.25) is 4.90 Å². The molecule has 0 bridgehead atoms. The maximum atomic E-state index is 12.5. The van der Waals surface area contributed by atoms with Crippen molar-refractivity contribution in [1.82, 2.24) is 15.1 Å². The van der Waals surface area contributed by atoms with Crippen LogP contribution in [0.25, 0.3) is 0 Å². The molecule has 1 fully saturated rings. The first-order valence-corrected chi connectivity index (χ1v) is 9.65. The zero-order valence-corrected chi connectivity index (χ0v) is 15.6. The fourth-order valence-electron chi connectivity index (χ4n) is 3.95. The minimum absolute atomic E-state index is 0.0276. The highest BCUT2D eigenvalue weighted by molar-refractivity contribution is 6.30. The lowest BCUT2D eigenvalue weighted by Crippen LogP contribution is -2.43. The summed E-state index contributed by atoms with van der Waals surface area (Å²) in [4.78, 5) is 17.0. The van der Waals surface area contributed by atoms with E-state index in [9.17, 15) is 4.79 Å². The van der Waals surface area contributed by atoms with Crippen LogP contribution in [-0.2, 0) is 19.5 Å². The highest BCUT2D eigenvalue weighted by Gasteiger charge is 2.31. The number of carbonyl (C=O) groups is 1. The number of benzene rings is 2. The average Bonchev–Trinajstić information content (AvgIpc) is 3.17. The SMILES string of the molecule is O=C(NCc1ccc(Cl)cc1)N1CC[C@@H](N2CCc3ccccc3C2)C1. The number of halogens is 1. The van der Waals surface area contributed by atoms with Gasteiger partial charge in [0.2, 0.25) is 0 Å². The first-order valence-electron chi connectivity index (χ1n) is 9.27. The third-order valence-corrected chi connectivity index (χ3v) is 5.74. The van der Waals surface area contributed by atoms with Crippen LogP contribution in [-0.4, -0.2) is 41.5 Å². The van der Waals surface area contributed by atoms with Crippen LogP contribution in [0, 0.1) is 0 Å². The molecule has 0 unspecified atom stereocenters. The molecule has 0 saturated carbocycles. The summed E-state index contributed by atoms with van der Waals surface area (Å²) in [5.74, 6) is 0. The molecule has 136 valence electrons. The van der Waals surface area contributed by atoms with Crippen molar-refractivity contribution in [3.8, 4) is 0 Å². The summed E-state index contributed by atoms with van der Waals surface area (Å²) in [7, 11) is 0. The first kappa shape index (κ1) is 17.4. The minimum atomic E-state index is 0.0276. The number of carbonyl (C=O) groups excluding carboxylic acids is 1. The van der Waals surface area contributed by atoms with Crippen molar-refractivity contribution in [3.05, 3.63) is 70.2 Å². The Kier molecular flexibility index (Phi) is 5.14. The van der Waals surface area contributed by atoms with Crippen LogP contribution in [0.15, 0.2) is 48.5 Å². The molecule has 1 N–H and O–H groups in total. The van der Waals surface area contributed by atoms with Crippen LogP contribution in [0.2, 0.25) is 5.02 Å². The molecule has 1 atom stereocenters. The molecule has 2 aliphatic heterocycles. The van der Waals surface area contributed by atoms with E-state index in [1.54, 1.807) is 0 Å². The lowest BCUT2D eigenvalue weighted by Gasteiger charge is -2.33. The molecule has 0 radical (unpaired) electrons. The van der Waals surface area contributed by atoms with Crippen LogP contribution >= 0.6 is 11.6 Å². The average molecular weight is 370 g/mol. The molecule has 2 aromatic carbocycles. The molecule has 2 aliphatic rings. The van der Waals surface area contributed by atoms with Gasteiger partial charge in [-0.2, -0.15) is 0 Å². The van der Waals surface area contributed by atoms with Gasteiger partial charge >= 0.3 is 6.03 Å². The molecule has 2 aromatic rings. The quantitative estimate of drug-likeness (QED) is 0.895. The Labute approximate surface area is 159 Å². The summed E-state index contributed by atoms with van der Waals surface area (Å²) >= 11 is 5.90. The van der Waals surface area contributed by atoms with Crippen LogP contribution in [0.5, 0.6) is 0 Å². The minimum Gasteiger partial charge on any atom is -0.334 e. The largest absolute Gasteiger partial charge is 0.334 e. The number of nitrogens with zero attached hydrogens (tertiary/aromatic N) is 2. The van der Waals surface area contributed by atoms with Crippen LogP contribution < -0.4 is 5.32 Å². The van der Waals surface area contributed by atoms with Gasteiger partial charge in [-0.15, -0.1) is 0 Å². The summed E-state index contributed by atoms with van der Waals surface area (Å²) in [5.41, 5.74) is 3.97. The fraction of sp³-hybridized carbons (Fsp3) is 0.381. The van der Waals surface area contributed by atoms with Crippen molar-refractivity contribution in [2.75, 3.05) is 19.6 Å². The van der Waals surface area contributed by atoms with Gasteiger partial charge in [0, 0.05) is 43.8 Å². The summed E-state index contributed by atoms with van der Waals surface area (Å²) in [6.07, 6.45) is 2.16. The maximum absolute atomic E-state index is 12.5. The van der Waals surface area contributed by atoms with Crippen molar-refractivity contribution in [3.63, 3.8) is 0 Å².